The molecule has 0 bridgehead atoms. The first-order valence-corrected chi connectivity index (χ1v) is 5.26. The third-order valence-electron chi connectivity index (χ3n) is 2.87. The molecule has 4 unspecified atom stereocenters. The van der Waals surface area contributed by atoms with Crippen molar-refractivity contribution >= 4 is 0 Å². The van der Waals surface area contributed by atoms with Crippen LogP contribution in [0.2, 0.25) is 0 Å². The van der Waals surface area contributed by atoms with Gasteiger partial charge in [0, 0.05) is 6.42 Å². The Bertz CT molecular complexity index is 208. The van der Waals surface area contributed by atoms with Gasteiger partial charge in [0.1, 0.15) is 18.3 Å². The molecule has 2 saturated heterocycles. The molecule has 4 nitrogen and oxygen atoms in total. The minimum absolute atomic E-state index is 0.0880. The number of ether oxygens (including phenoxy) is 3. The van der Waals surface area contributed by atoms with Crippen molar-refractivity contribution in [3.8, 4) is 0 Å². The molecule has 0 aromatic rings. The Kier molecular flexibility index (Phi) is 2.79. The van der Waals surface area contributed by atoms with E-state index in [0.29, 0.717) is 13.2 Å². The van der Waals surface area contributed by atoms with Crippen LogP contribution in [0.25, 0.3) is 0 Å². The maximum atomic E-state index is 9.62. The SMILES string of the molecule is CCCC1(C)OCC2OCC(O)C2O1. The van der Waals surface area contributed by atoms with Crippen LogP contribution in [-0.4, -0.2) is 42.4 Å². The number of aliphatic hydroxyl groups excluding tert-OH is 1. The summed E-state index contributed by atoms with van der Waals surface area (Å²) in [7, 11) is 0. The summed E-state index contributed by atoms with van der Waals surface area (Å²) in [5.74, 6) is -0.537. The third kappa shape index (κ3) is 1.80. The largest absolute Gasteiger partial charge is 0.388 e. The van der Waals surface area contributed by atoms with Crippen LogP contribution in [0.4, 0.5) is 0 Å². The molecule has 0 saturated carbocycles. The van der Waals surface area contributed by atoms with Crippen LogP contribution in [0.5, 0.6) is 0 Å². The van der Waals surface area contributed by atoms with Crippen LogP contribution in [0, 0.1) is 0 Å². The normalized spacial score (nSPS) is 47.8. The molecule has 14 heavy (non-hydrogen) atoms. The maximum Gasteiger partial charge on any atom is 0.166 e. The van der Waals surface area contributed by atoms with Gasteiger partial charge in [-0.25, -0.2) is 0 Å². The lowest BCUT2D eigenvalue weighted by Crippen LogP contribution is -2.51. The molecule has 4 atom stereocenters. The quantitative estimate of drug-likeness (QED) is 0.715. The highest BCUT2D eigenvalue weighted by Crippen LogP contribution is 2.32. The van der Waals surface area contributed by atoms with Gasteiger partial charge in [0.25, 0.3) is 0 Å². The second-order valence-electron chi connectivity index (χ2n) is 4.22. The fourth-order valence-corrected chi connectivity index (χ4v) is 2.12. The number of rotatable bonds is 2. The Morgan fingerprint density at radius 3 is 2.93 bits per heavy atom. The molecule has 2 rings (SSSR count). The summed E-state index contributed by atoms with van der Waals surface area (Å²) in [6.45, 7) is 4.91. The van der Waals surface area contributed by atoms with Crippen molar-refractivity contribution in [3.63, 3.8) is 0 Å². The van der Waals surface area contributed by atoms with E-state index < -0.39 is 11.9 Å². The lowest BCUT2D eigenvalue weighted by atomic mass is 10.1. The van der Waals surface area contributed by atoms with Crippen LogP contribution < -0.4 is 0 Å². The van der Waals surface area contributed by atoms with Crippen molar-refractivity contribution in [2.75, 3.05) is 13.2 Å². The number of hydrogen-bond donors (Lipinski definition) is 1. The van der Waals surface area contributed by atoms with Gasteiger partial charge in [0.15, 0.2) is 5.79 Å². The van der Waals surface area contributed by atoms with E-state index in [4.69, 9.17) is 14.2 Å². The van der Waals surface area contributed by atoms with Gasteiger partial charge in [-0.15, -0.1) is 0 Å². The second-order valence-corrected chi connectivity index (χ2v) is 4.22. The smallest absolute Gasteiger partial charge is 0.166 e. The van der Waals surface area contributed by atoms with Gasteiger partial charge in [-0.3, -0.25) is 0 Å². The molecule has 0 amide bonds. The summed E-state index contributed by atoms with van der Waals surface area (Å²) in [6, 6.07) is 0. The van der Waals surface area contributed by atoms with Crippen molar-refractivity contribution in [1.29, 1.82) is 0 Å². The van der Waals surface area contributed by atoms with E-state index in [0.717, 1.165) is 12.8 Å². The summed E-state index contributed by atoms with van der Waals surface area (Å²) in [5, 5.41) is 9.62. The second kappa shape index (κ2) is 3.77. The van der Waals surface area contributed by atoms with Gasteiger partial charge in [0.2, 0.25) is 0 Å². The van der Waals surface area contributed by atoms with Gasteiger partial charge in [-0.2, -0.15) is 0 Å². The van der Waals surface area contributed by atoms with Crippen LogP contribution in [0.1, 0.15) is 26.7 Å². The van der Waals surface area contributed by atoms with E-state index in [1.165, 1.54) is 0 Å². The molecule has 4 heteroatoms. The van der Waals surface area contributed by atoms with E-state index in [2.05, 4.69) is 6.92 Å². The third-order valence-corrected chi connectivity index (χ3v) is 2.87. The number of aliphatic hydroxyl groups is 1. The van der Waals surface area contributed by atoms with Crippen LogP contribution in [0.3, 0.4) is 0 Å². The van der Waals surface area contributed by atoms with E-state index >= 15 is 0 Å². The minimum atomic E-state index is -0.537. The van der Waals surface area contributed by atoms with Crippen molar-refractivity contribution in [2.45, 2.75) is 50.8 Å². The van der Waals surface area contributed by atoms with E-state index in [9.17, 15) is 5.11 Å². The average Bonchev–Trinajstić information content (AvgIpc) is 2.48. The predicted molar refractivity (Wildman–Crippen MR) is 49.9 cm³/mol. The summed E-state index contributed by atoms with van der Waals surface area (Å²) in [6.07, 6.45) is 1.06. The van der Waals surface area contributed by atoms with Crippen molar-refractivity contribution in [2.24, 2.45) is 0 Å². The van der Waals surface area contributed by atoms with E-state index in [1.54, 1.807) is 0 Å². The molecule has 0 radical (unpaired) electrons. The number of hydrogen-bond acceptors (Lipinski definition) is 4. The average molecular weight is 202 g/mol. The Morgan fingerprint density at radius 1 is 1.43 bits per heavy atom. The Hall–Kier alpha value is -0.160. The molecule has 0 spiro atoms. The van der Waals surface area contributed by atoms with Crippen LogP contribution in [-0.2, 0) is 14.2 Å². The minimum Gasteiger partial charge on any atom is -0.388 e. The summed E-state index contributed by atoms with van der Waals surface area (Å²) >= 11 is 0. The molecule has 0 aromatic heterocycles. The zero-order valence-corrected chi connectivity index (χ0v) is 8.73. The van der Waals surface area contributed by atoms with Crippen molar-refractivity contribution in [3.05, 3.63) is 0 Å². The van der Waals surface area contributed by atoms with Crippen LogP contribution >= 0.6 is 0 Å². The summed E-state index contributed by atoms with van der Waals surface area (Å²) in [4.78, 5) is 0. The summed E-state index contributed by atoms with van der Waals surface area (Å²) in [5.41, 5.74) is 0. The molecule has 2 aliphatic heterocycles. The maximum absolute atomic E-state index is 9.62. The molecule has 2 heterocycles. The van der Waals surface area contributed by atoms with Crippen LogP contribution in [0.15, 0.2) is 0 Å². The Morgan fingerprint density at radius 2 is 2.21 bits per heavy atom. The molecule has 1 N–H and O–H groups in total. The first kappa shape index (κ1) is 10.4. The van der Waals surface area contributed by atoms with E-state index in [1.807, 2.05) is 6.92 Å². The zero-order valence-electron chi connectivity index (χ0n) is 8.73. The molecule has 0 aromatic carbocycles. The van der Waals surface area contributed by atoms with Crippen molar-refractivity contribution < 1.29 is 19.3 Å². The lowest BCUT2D eigenvalue weighted by molar-refractivity contribution is -0.311. The highest BCUT2D eigenvalue weighted by atomic mass is 16.7. The topological polar surface area (TPSA) is 47.9 Å². The summed E-state index contributed by atoms with van der Waals surface area (Å²) < 4.78 is 16.7. The molecule has 2 aliphatic rings. The molecule has 2 fully saturated rings. The van der Waals surface area contributed by atoms with Gasteiger partial charge in [0.05, 0.1) is 13.2 Å². The first-order chi connectivity index (χ1) is 6.64. The lowest BCUT2D eigenvalue weighted by Gasteiger charge is -2.40. The van der Waals surface area contributed by atoms with Gasteiger partial charge in [-0.05, 0) is 6.92 Å². The molecular weight excluding hydrogens is 184 g/mol. The Balaban J connectivity index is 2.01. The molecular formula is C10H18O4. The monoisotopic (exact) mass is 202 g/mol. The molecule has 82 valence electrons. The van der Waals surface area contributed by atoms with Gasteiger partial charge < -0.3 is 19.3 Å². The standard InChI is InChI=1S/C10H18O4/c1-3-4-10(2)13-6-8-9(14-10)7(11)5-12-8/h7-9,11H,3-6H2,1-2H3. The fraction of sp³-hybridized carbons (Fsp3) is 1.00. The number of fused-ring (bicyclic) bond motifs is 1. The first-order valence-electron chi connectivity index (χ1n) is 5.26. The van der Waals surface area contributed by atoms with Gasteiger partial charge in [-0.1, -0.05) is 13.3 Å². The van der Waals surface area contributed by atoms with E-state index in [-0.39, 0.29) is 12.2 Å². The predicted octanol–water partition coefficient (Wildman–Crippen LogP) is 0.678. The highest BCUT2D eigenvalue weighted by Gasteiger charge is 2.46. The zero-order chi connectivity index (χ0) is 10.2. The Labute approximate surface area is 84.1 Å². The van der Waals surface area contributed by atoms with Crippen molar-refractivity contribution in [1.82, 2.24) is 0 Å². The fourth-order valence-electron chi connectivity index (χ4n) is 2.12. The van der Waals surface area contributed by atoms with Gasteiger partial charge >= 0.3 is 0 Å². The highest BCUT2D eigenvalue weighted by molar-refractivity contribution is 4.89. The molecule has 0 aliphatic carbocycles.